The highest BCUT2D eigenvalue weighted by Crippen LogP contribution is 2.41. The number of amides is 1. The van der Waals surface area contributed by atoms with Gasteiger partial charge < -0.3 is 9.42 Å². The Bertz CT molecular complexity index is 832. The summed E-state index contributed by atoms with van der Waals surface area (Å²) in [6, 6.07) is 9.34. The van der Waals surface area contributed by atoms with Crippen LogP contribution in [0.4, 0.5) is 0 Å². The zero-order valence-corrected chi connectivity index (χ0v) is 17.3. The van der Waals surface area contributed by atoms with E-state index in [0.717, 1.165) is 44.3 Å². The molecular weight excluding hydrogens is 350 g/mol. The summed E-state index contributed by atoms with van der Waals surface area (Å²) in [5, 5.41) is 4.08. The first-order valence-electron chi connectivity index (χ1n) is 10.7. The fraction of sp³-hybridized carbons (Fsp3) is 0.609. The molecule has 0 saturated heterocycles. The van der Waals surface area contributed by atoms with E-state index in [2.05, 4.69) is 60.1 Å². The lowest BCUT2D eigenvalue weighted by Crippen LogP contribution is -2.38. The Hall–Kier alpha value is -2.17. The van der Waals surface area contributed by atoms with Crippen molar-refractivity contribution in [3.63, 3.8) is 0 Å². The molecule has 4 rings (SSSR count). The number of hydrogen-bond acceptors (Lipinski definition) is 4. The average Bonchev–Trinajstić information content (AvgIpc) is 3.37. The van der Waals surface area contributed by atoms with Crippen LogP contribution in [0, 0.1) is 0 Å². The summed E-state index contributed by atoms with van der Waals surface area (Å²) in [7, 11) is 0. The molecule has 0 N–H and O–H groups in total. The maximum atomic E-state index is 13.1. The van der Waals surface area contributed by atoms with Crippen LogP contribution in [0.5, 0.6) is 0 Å². The molecule has 5 heteroatoms. The van der Waals surface area contributed by atoms with Crippen molar-refractivity contribution < 1.29 is 9.32 Å². The van der Waals surface area contributed by atoms with Crippen molar-refractivity contribution in [1.29, 1.82) is 0 Å². The summed E-state index contributed by atoms with van der Waals surface area (Å²) < 4.78 is 5.37. The van der Waals surface area contributed by atoms with Crippen molar-refractivity contribution in [2.45, 2.75) is 89.6 Å². The van der Waals surface area contributed by atoms with E-state index in [4.69, 9.17) is 4.52 Å². The van der Waals surface area contributed by atoms with Crippen LogP contribution in [0.25, 0.3) is 0 Å². The largest absolute Gasteiger partial charge is 0.339 e. The Morgan fingerprint density at radius 2 is 2.00 bits per heavy atom. The number of carbonyl (C=O) groups excluding carboxylic acids is 1. The molecule has 1 fully saturated rings. The van der Waals surface area contributed by atoms with Crippen LogP contribution in [0.15, 0.2) is 28.8 Å². The SMILES string of the molecule is CC(C)(C)c1noc(CCCC(=O)N(C2CC2)C2CCCc3ccccc32)n1. The zero-order valence-electron chi connectivity index (χ0n) is 17.3. The van der Waals surface area contributed by atoms with Gasteiger partial charge in [0.1, 0.15) is 0 Å². The van der Waals surface area contributed by atoms with Crippen LogP contribution in [-0.2, 0) is 23.1 Å². The van der Waals surface area contributed by atoms with Crippen LogP contribution in [-0.4, -0.2) is 27.0 Å². The van der Waals surface area contributed by atoms with Crippen LogP contribution in [0.3, 0.4) is 0 Å². The van der Waals surface area contributed by atoms with Crippen molar-refractivity contribution >= 4 is 5.91 Å². The summed E-state index contributed by atoms with van der Waals surface area (Å²) >= 11 is 0. The maximum absolute atomic E-state index is 13.1. The van der Waals surface area contributed by atoms with Crippen LogP contribution in [0.2, 0.25) is 0 Å². The zero-order chi connectivity index (χ0) is 19.7. The van der Waals surface area contributed by atoms with Crippen LogP contribution in [0.1, 0.15) is 88.2 Å². The molecule has 1 unspecified atom stereocenters. The number of carbonyl (C=O) groups is 1. The Morgan fingerprint density at radius 1 is 1.21 bits per heavy atom. The minimum absolute atomic E-state index is 0.116. The molecule has 0 aliphatic heterocycles. The minimum Gasteiger partial charge on any atom is -0.339 e. The average molecular weight is 382 g/mol. The summed E-state index contributed by atoms with van der Waals surface area (Å²) in [5.74, 6) is 1.64. The second kappa shape index (κ2) is 7.69. The fourth-order valence-corrected chi connectivity index (χ4v) is 4.18. The van der Waals surface area contributed by atoms with Crippen molar-refractivity contribution in [2.24, 2.45) is 0 Å². The van der Waals surface area contributed by atoms with Gasteiger partial charge in [0.25, 0.3) is 0 Å². The Morgan fingerprint density at radius 3 is 2.71 bits per heavy atom. The molecule has 150 valence electrons. The van der Waals surface area contributed by atoms with Gasteiger partial charge in [-0.2, -0.15) is 4.98 Å². The third-order valence-corrected chi connectivity index (χ3v) is 5.82. The normalized spacial score (nSPS) is 19.3. The van der Waals surface area contributed by atoms with E-state index in [1.807, 2.05) is 0 Å². The number of aromatic nitrogens is 2. The van der Waals surface area contributed by atoms with Crippen molar-refractivity contribution in [3.05, 3.63) is 47.1 Å². The fourth-order valence-electron chi connectivity index (χ4n) is 4.18. The first kappa shape index (κ1) is 19.2. The van der Waals surface area contributed by atoms with Gasteiger partial charge in [-0.1, -0.05) is 50.2 Å². The number of aryl methyl sites for hydroxylation is 2. The minimum atomic E-state index is -0.116. The second-order valence-electron chi connectivity index (χ2n) is 9.25. The lowest BCUT2D eigenvalue weighted by atomic mass is 9.86. The molecule has 0 radical (unpaired) electrons. The predicted octanol–water partition coefficient (Wildman–Crippen LogP) is 4.76. The van der Waals surface area contributed by atoms with E-state index in [1.165, 1.54) is 11.1 Å². The van der Waals surface area contributed by atoms with E-state index in [9.17, 15) is 4.79 Å². The van der Waals surface area contributed by atoms with Gasteiger partial charge in [-0.05, 0) is 49.7 Å². The lowest BCUT2D eigenvalue weighted by Gasteiger charge is -2.36. The van der Waals surface area contributed by atoms with E-state index in [-0.39, 0.29) is 17.4 Å². The number of rotatable bonds is 6. The summed E-state index contributed by atoms with van der Waals surface area (Å²) in [6.07, 6.45) is 7.62. The summed E-state index contributed by atoms with van der Waals surface area (Å²) in [4.78, 5) is 19.8. The monoisotopic (exact) mass is 381 g/mol. The highest BCUT2D eigenvalue weighted by Gasteiger charge is 2.39. The molecule has 28 heavy (non-hydrogen) atoms. The number of hydrogen-bond donors (Lipinski definition) is 0. The lowest BCUT2D eigenvalue weighted by molar-refractivity contribution is -0.134. The van der Waals surface area contributed by atoms with Gasteiger partial charge in [-0.25, -0.2) is 0 Å². The van der Waals surface area contributed by atoms with E-state index in [1.54, 1.807) is 0 Å². The van der Waals surface area contributed by atoms with E-state index >= 15 is 0 Å². The molecule has 1 heterocycles. The van der Waals surface area contributed by atoms with Crippen LogP contribution >= 0.6 is 0 Å². The van der Waals surface area contributed by atoms with Gasteiger partial charge in [0, 0.05) is 24.3 Å². The topological polar surface area (TPSA) is 59.2 Å². The van der Waals surface area contributed by atoms with Crippen molar-refractivity contribution in [3.8, 4) is 0 Å². The molecule has 1 aromatic carbocycles. The number of fused-ring (bicyclic) bond motifs is 1. The molecule has 1 amide bonds. The molecular formula is C23H31N3O2. The highest BCUT2D eigenvalue weighted by atomic mass is 16.5. The highest BCUT2D eigenvalue weighted by molar-refractivity contribution is 5.77. The first-order valence-corrected chi connectivity index (χ1v) is 10.7. The van der Waals surface area contributed by atoms with Gasteiger partial charge in [0.2, 0.25) is 11.8 Å². The molecule has 2 aliphatic carbocycles. The molecule has 0 spiro atoms. The molecule has 1 saturated carbocycles. The molecule has 2 aliphatic rings. The van der Waals surface area contributed by atoms with E-state index in [0.29, 0.717) is 24.8 Å². The smallest absolute Gasteiger partial charge is 0.226 e. The molecule has 5 nitrogen and oxygen atoms in total. The standard InChI is InChI=1S/C23H31N3O2/c1-23(2,3)22-24-20(28-25-22)12-7-13-21(27)26(17-14-15-17)19-11-6-9-16-8-4-5-10-18(16)19/h4-5,8,10,17,19H,6-7,9,11-15H2,1-3H3. The van der Waals surface area contributed by atoms with Crippen molar-refractivity contribution in [1.82, 2.24) is 15.0 Å². The Labute approximate surface area is 167 Å². The Kier molecular flexibility index (Phi) is 5.26. The third-order valence-electron chi connectivity index (χ3n) is 5.82. The maximum Gasteiger partial charge on any atom is 0.226 e. The van der Waals surface area contributed by atoms with Gasteiger partial charge in [-0.15, -0.1) is 0 Å². The molecule has 0 bridgehead atoms. The quantitative estimate of drug-likeness (QED) is 0.724. The first-order chi connectivity index (χ1) is 13.4. The van der Waals surface area contributed by atoms with Crippen molar-refractivity contribution in [2.75, 3.05) is 0 Å². The van der Waals surface area contributed by atoms with Gasteiger partial charge in [-0.3, -0.25) is 4.79 Å². The molecule has 1 aromatic heterocycles. The molecule has 2 aromatic rings. The molecule has 1 atom stereocenters. The second-order valence-corrected chi connectivity index (χ2v) is 9.25. The predicted molar refractivity (Wildman–Crippen MR) is 108 cm³/mol. The number of benzene rings is 1. The third kappa shape index (κ3) is 4.13. The van der Waals surface area contributed by atoms with Gasteiger partial charge >= 0.3 is 0 Å². The summed E-state index contributed by atoms with van der Waals surface area (Å²) in [6.45, 7) is 6.21. The van der Waals surface area contributed by atoms with Gasteiger partial charge in [0.15, 0.2) is 5.82 Å². The van der Waals surface area contributed by atoms with Gasteiger partial charge in [0.05, 0.1) is 6.04 Å². The van der Waals surface area contributed by atoms with Crippen LogP contribution < -0.4 is 0 Å². The Balaban J connectivity index is 1.40. The van der Waals surface area contributed by atoms with E-state index < -0.39 is 0 Å². The summed E-state index contributed by atoms with van der Waals surface area (Å²) in [5.41, 5.74) is 2.66. The number of nitrogens with zero attached hydrogens (tertiary/aromatic N) is 3.